The highest BCUT2D eigenvalue weighted by Gasteiger charge is 2.09. The van der Waals surface area contributed by atoms with Gasteiger partial charge in [-0.2, -0.15) is 4.98 Å². The molecular weight excluding hydrogens is 314 g/mol. The van der Waals surface area contributed by atoms with Gasteiger partial charge in [-0.1, -0.05) is 36.4 Å². The average Bonchev–Trinajstić information content (AvgIpc) is 2.67. The summed E-state index contributed by atoms with van der Waals surface area (Å²) in [4.78, 5) is 13.4. The first-order valence-electron chi connectivity index (χ1n) is 8.20. The van der Waals surface area contributed by atoms with Crippen LogP contribution >= 0.6 is 0 Å². The molecule has 0 spiro atoms. The van der Waals surface area contributed by atoms with Crippen molar-refractivity contribution in [3.8, 4) is 11.4 Å². The molecule has 0 aliphatic carbocycles. The molecule has 0 saturated heterocycles. The second-order valence-corrected chi connectivity index (χ2v) is 5.74. The van der Waals surface area contributed by atoms with Crippen molar-refractivity contribution in [3.63, 3.8) is 0 Å². The molecule has 128 valence electrons. The number of hydrogen-bond acceptors (Lipinski definition) is 6. The van der Waals surface area contributed by atoms with Crippen molar-refractivity contribution in [1.82, 2.24) is 15.0 Å². The van der Waals surface area contributed by atoms with Gasteiger partial charge in [-0.15, -0.1) is 0 Å². The van der Waals surface area contributed by atoms with Crippen LogP contribution in [0.4, 0.5) is 11.8 Å². The van der Waals surface area contributed by atoms with Gasteiger partial charge in [0.2, 0.25) is 5.95 Å². The normalized spacial score (nSPS) is 11.8. The number of rotatable bonds is 7. The molecule has 3 rings (SSSR count). The summed E-state index contributed by atoms with van der Waals surface area (Å²) in [6.45, 7) is 2.53. The van der Waals surface area contributed by atoms with Crippen molar-refractivity contribution in [1.29, 1.82) is 0 Å². The van der Waals surface area contributed by atoms with E-state index < -0.39 is 0 Å². The maximum absolute atomic E-state index is 9.26. The van der Waals surface area contributed by atoms with Crippen LogP contribution in [-0.2, 0) is 6.54 Å². The smallest absolute Gasteiger partial charge is 0.225 e. The SMILES string of the molecule is C[C@@H](CO)Nc1nc(NCc2ccccc2)cc(-c2ccccn2)n1. The van der Waals surface area contributed by atoms with E-state index in [4.69, 9.17) is 0 Å². The van der Waals surface area contributed by atoms with Gasteiger partial charge in [0, 0.05) is 24.8 Å². The molecule has 3 aromatic rings. The first-order chi connectivity index (χ1) is 12.2. The first-order valence-corrected chi connectivity index (χ1v) is 8.20. The van der Waals surface area contributed by atoms with E-state index in [0.717, 1.165) is 11.4 Å². The zero-order chi connectivity index (χ0) is 17.5. The van der Waals surface area contributed by atoms with Crippen molar-refractivity contribution >= 4 is 11.8 Å². The summed E-state index contributed by atoms with van der Waals surface area (Å²) >= 11 is 0. The van der Waals surface area contributed by atoms with E-state index in [1.54, 1.807) is 6.20 Å². The van der Waals surface area contributed by atoms with E-state index >= 15 is 0 Å². The fourth-order valence-corrected chi connectivity index (χ4v) is 2.30. The van der Waals surface area contributed by atoms with E-state index in [9.17, 15) is 5.11 Å². The van der Waals surface area contributed by atoms with Gasteiger partial charge in [-0.3, -0.25) is 4.98 Å². The van der Waals surface area contributed by atoms with Gasteiger partial charge >= 0.3 is 0 Å². The molecule has 0 unspecified atom stereocenters. The summed E-state index contributed by atoms with van der Waals surface area (Å²) in [6.07, 6.45) is 1.73. The van der Waals surface area contributed by atoms with Crippen LogP contribution in [0.2, 0.25) is 0 Å². The maximum atomic E-state index is 9.26. The highest BCUT2D eigenvalue weighted by atomic mass is 16.3. The third kappa shape index (κ3) is 4.74. The molecule has 0 bridgehead atoms. The van der Waals surface area contributed by atoms with Crippen molar-refractivity contribution in [2.75, 3.05) is 17.2 Å². The molecule has 3 N–H and O–H groups in total. The zero-order valence-electron chi connectivity index (χ0n) is 14.1. The molecule has 6 nitrogen and oxygen atoms in total. The summed E-state index contributed by atoms with van der Waals surface area (Å²) in [5.74, 6) is 1.16. The Labute approximate surface area is 147 Å². The van der Waals surface area contributed by atoms with E-state index in [2.05, 4.69) is 37.7 Å². The van der Waals surface area contributed by atoms with Crippen molar-refractivity contribution < 1.29 is 5.11 Å². The molecule has 0 fully saturated rings. The molecule has 1 atom stereocenters. The van der Waals surface area contributed by atoms with Crippen LogP contribution in [0.3, 0.4) is 0 Å². The zero-order valence-corrected chi connectivity index (χ0v) is 14.1. The summed E-state index contributed by atoms with van der Waals surface area (Å²) in [6, 6.07) is 17.5. The molecule has 0 radical (unpaired) electrons. The van der Waals surface area contributed by atoms with Gasteiger partial charge < -0.3 is 15.7 Å². The summed E-state index contributed by atoms with van der Waals surface area (Å²) < 4.78 is 0. The number of anilines is 2. The molecule has 0 aliphatic rings. The lowest BCUT2D eigenvalue weighted by atomic mass is 10.2. The Kier molecular flexibility index (Phi) is 5.53. The lowest BCUT2D eigenvalue weighted by molar-refractivity contribution is 0.281. The number of hydrogen-bond donors (Lipinski definition) is 3. The molecule has 0 aliphatic heterocycles. The third-order valence-corrected chi connectivity index (χ3v) is 3.62. The Morgan fingerprint density at radius 3 is 2.52 bits per heavy atom. The Bertz CT molecular complexity index is 795. The molecular formula is C19H21N5O. The number of aliphatic hydroxyl groups excluding tert-OH is 1. The van der Waals surface area contributed by atoms with Crippen molar-refractivity contribution in [2.24, 2.45) is 0 Å². The molecule has 6 heteroatoms. The van der Waals surface area contributed by atoms with E-state index in [1.165, 1.54) is 5.56 Å². The van der Waals surface area contributed by atoms with Crippen LogP contribution in [0.25, 0.3) is 11.4 Å². The van der Waals surface area contributed by atoms with Crippen LogP contribution in [0.15, 0.2) is 60.8 Å². The van der Waals surface area contributed by atoms with E-state index in [-0.39, 0.29) is 12.6 Å². The van der Waals surface area contributed by atoms with E-state index in [1.807, 2.05) is 49.4 Å². The van der Waals surface area contributed by atoms with E-state index in [0.29, 0.717) is 18.3 Å². The molecule has 25 heavy (non-hydrogen) atoms. The highest BCUT2D eigenvalue weighted by molar-refractivity contribution is 5.61. The number of aliphatic hydroxyl groups is 1. The first kappa shape index (κ1) is 16.9. The maximum Gasteiger partial charge on any atom is 0.225 e. The van der Waals surface area contributed by atoms with Crippen LogP contribution in [0.5, 0.6) is 0 Å². The number of benzene rings is 1. The van der Waals surface area contributed by atoms with Gasteiger partial charge in [0.05, 0.1) is 18.0 Å². The molecule has 2 heterocycles. The predicted octanol–water partition coefficient (Wildman–Crippen LogP) is 2.94. The standard InChI is InChI=1S/C19H21N5O/c1-14(13-25)22-19-23-17(16-9-5-6-10-20-16)11-18(24-19)21-12-15-7-3-2-4-8-15/h2-11,14,25H,12-13H2,1H3,(H2,21,22,23,24)/t14-/m0/s1. The van der Waals surface area contributed by atoms with Gasteiger partial charge in [0.15, 0.2) is 0 Å². The Morgan fingerprint density at radius 1 is 1.00 bits per heavy atom. The average molecular weight is 335 g/mol. The van der Waals surface area contributed by atoms with Gasteiger partial charge in [-0.25, -0.2) is 4.98 Å². The minimum atomic E-state index is -0.138. The van der Waals surface area contributed by atoms with Crippen LogP contribution in [-0.4, -0.2) is 32.7 Å². The topological polar surface area (TPSA) is 83.0 Å². The lowest BCUT2D eigenvalue weighted by Crippen LogP contribution is -2.21. The highest BCUT2D eigenvalue weighted by Crippen LogP contribution is 2.20. The lowest BCUT2D eigenvalue weighted by Gasteiger charge is -2.14. The van der Waals surface area contributed by atoms with Crippen molar-refractivity contribution in [2.45, 2.75) is 19.5 Å². The van der Waals surface area contributed by atoms with Crippen LogP contribution in [0.1, 0.15) is 12.5 Å². The Morgan fingerprint density at radius 2 is 1.80 bits per heavy atom. The fraction of sp³-hybridized carbons (Fsp3) is 0.211. The quantitative estimate of drug-likeness (QED) is 0.616. The molecule has 0 saturated carbocycles. The number of nitrogens with zero attached hydrogens (tertiary/aromatic N) is 3. The van der Waals surface area contributed by atoms with Crippen LogP contribution in [0, 0.1) is 0 Å². The summed E-state index contributed by atoms with van der Waals surface area (Å²) in [5, 5.41) is 15.7. The molecule has 1 aromatic carbocycles. The van der Waals surface area contributed by atoms with Gasteiger partial charge in [0.25, 0.3) is 0 Å². The molecule has 0 amide bonds. The Balaban J connectivity index is 1.86. The second-order valence-electron chi connectivity index (χ2n) is 5.74. The van der Waals surface area contributed by atoms with Crippen molar-refractivity contribution in [3.05, 3.63) is 66.4 Å². The number of aromatic nitrogens is 3. The summed E-state index contributed by atoms with van der Waals surface area (Å²) in [7, 11) is 0. The number of pyridine rings is 1. The monoisotopic (exact) mass is 335 g/mol. The number of nitrogens with one attached hydrogen (secondary N) is 2. The largest absolute Gasteiger partial charge is 0.394 e. The minimum absolute atomic E-state index is 0.00392. The predicted molar refractivity (Wildman–Crippen MR) is 99.2 cm³/mol. The Hall–Kier alpha value is -2.99. The summed E-state index contributed by atoms with van der Waals surface area (Å²) in [5.41, 5.74) is 2.66. The van der Waals surface area contributed by atoms with Gasteiger partial charge in [-0.05, 0) is 24.6 Å². The fourth-order valence-electron chi connectivity index (χ4n) is 2.30. The minimum Gasteiger partial charge on any atom is -0.394 e. The second kappa shape index (κ2) is 8.21. The third-order valence-electron chi connectivity index (χ3n) is 3.62. The molecule has 2 aromatic heterocycles. The van der Waals surface area contributed by atoms with Gasteiger partial charge in [0.1, 0.15) is 5.82 Å². The van der Waals surface area contributed by atoms with Crippen LogP contribution < -0.4 is 10.6 Å².